The van der Waals surface area contributed by atoms with Gasteiger partial charge in [0.2, 0.25) is 17.5 Å². The van der Waals surface area contributed by atoms with E-state index in [2.05, 4.69) is 41.1 Å². The van der Waals surface area contributed by atoms with E-state index >= 15 is 0 Å². The number of nitriles is 1. The lowest BCUT2D eigenvalue weighted by Gasteiger charge is -2.33. The first kappa shape index (κ1) is 22.1. The van der Waals surface area contributed by atoms with Crippen LogP contribution in [0.5, 0.6) is 5.88 Å². The van der Waals surface area contributed by atoms with E-state index in [0.717, 1.165) is 61.9 Å². The SMILES string of the molecule is C[C@H](Oc1ccnc(-c2onc3c2CCC[C@@]32CCc3ccc(N)c(C#N)c32)n1)[C@@H]1CCCN1C. The molecule has 1 aliphatic heterocycles. The zero-order chi connectivity index (χ0) is 24.2. The van der Waals surface area contributed by atoms with E-state index in [1.807, 2.05) is 6.07 Å². The molecule has 35 heavy (non-hydrogen) atoms. The average molecular weight is 471 g/mol. The molecule has 180 valence electrons. The molecule has 2 aliphatic carbocycles. The quantitative estimate of drug-likeness (QED) is 0.569. The molecule has 8 nitrogen and oxygen atoms in total. The van der Waals surface area contributed by atoms with Gasteiger partial charge in [-0.25, -0.2) is 4.98 Å². The van der Waals surface area contributed by atoms with E-state index in [-0.39, 0.29) is 11.5 Å². The molecular weight excluding hydrogens is 440 g/mol. The molecule has 6 rings (SSSR count). The van der Waals surface area contributed by atoms with E-state index in [4.69, 9.17) is 20.0 Å². The Balaban J connectivity index is 1.36. The number of ether oxygens (including phenoxy) is 1. The van der Waals surface area contributed by atoms with Crippen LogP contribution in [-0.2, 0) is 18.3 Å². The number of anilines is 1. The number of nitrogens with two attached hydrogens (primary N) is 1. The summed E-state index contributed by atoms with van der Waals surface area (Å²) in [5.74, 6) is 1.64. The number of benzene rings is 1. The first-order valence-electron chi connectivity index (χ1n) is 12.5. The summed E-state index contributed by atoms with van der Waals surface area (Å²) in [6.45, 7) is 3.20. The molecule has 1 saturated heterocycles. The van der Waals surface area contributed by atoms with Gasteiger partial charge in [0.25, 0.3) is 0 Å². The molecule has 8 heteroatoms. The van der Waals surface area contributed by atoms with Crippen molar-refractivity contribution in [3.05, 3.63) is 52.3 Å². The third-order valence-corrected chi connectivity index (χ3v) is 8.27. The van der Waals surface area contributed by atoms with Crippen LogP contribution < -0.4 is 10.5 Å². The number of likely N-dealkylation sites (N-methyl/N-ethyl adjacent to an activating group) is 1. The number of aryl methyl sites for hydroxylation is 1. The molecule has 0 saturated carbocycles. The molecule has 1 spiro atoms. The Labute approximate surface area is 205 Å². The Bertz CT molecular complexity index is 1330. The third-order valence-electron chi connectivity index (χ3n) is 8.27. The van der Waals surface area contributed by atoms with E-state index in [0.29, 0.717) is 34.8 Å². The Kier molecular flexibility index (Phi) is 5.26. The van der Waals surface area contributed by atoms with E-state index in [9.17, 15) is 5.26 Å². The van der Waals surface area contributed by atoms with Crippen LogP contribution in [0.3, 0.4) is 0 Å². The number of aromatic nitrogens is 3. The second kappa shape index (κ2) is 8.35. The molecule has 3 aromatic rings. The molecule has 1 aromatic carbocycles. The van der Waals surface area contributed by atoms with Crippen LogP contribution in [-0.4, -0.2) is 45.8 Å². The largest absolute Gasteiger partial charge is 0.473 e. The summed E-state index contributed by atoms with van der Waals surface area (Å²) in [4.78, 5) is 11.6. The van der Waals surface area contributed by atoms with Crippen LogP contribution in [0.25, 0.3) is 11.6 Å². The third kappa shape index (κ3) is 3.41. The maximum absolute atomic E-state index is 9.91. The molecule has 2 N–H and O–H groups in total. The first-order valence-corrected chi connectivity index (χ1v) is 12.5. The Morgan fingerprint density at radius 1 is 1.26 bits per heavy atom. The van der Waals surface area contributed by atoms with Crippen molar-refractivity contribution >= 4 is 5.69 Å². The highest BCUT2D eigenvalue weighted by atomic mass is 16.5. The molecule has 3 aliphatic rings. The van der Waals surface area contributed by atoms with Gasteiger partial charge in [0.15, 0.2) is 0 Å². The molecular formula is C27H30N6O2. The molecule has 0 radical (unpaired) electrons. The highest BCUT2D eigenvalue weighted by molar-refractivity contribution is 5.68. The Morgan fingerprint density at radius 3 is 2.94 bits per heavy atom. The number of nitrogens with zero attached hydrogens (tertiary/aromatic N) is 5. The van der Waals surface area contributed by atoms with Gasteiger partial charge in [-0.2, -0.15) is 10.2 Å². The average Bonchev–Trinajstić information content (AvgIpc) is 3.58. The van der Waals surface area contributed by atoms with Gasteiger partial charge in [-0.3, -0.25) is 4.90 Å². The minimum absolute atomic E-state index is 0.0296. The Morgan fingerprint density at radius 2 is 2.14 bits per heavy atom. The van der Waals surface area contributed by atoms with Gasteiger partial charge in [-0.05, 0) is 82.7 Å². The van der Waals surface area contributed by atoms with Crippen molar-refractivity contribution in [1.29, 1.82) is 5.26 Å². The lowest BCUT2D eigenvalue weighted by Crippen LogP contribution is -2.38. The smallest absolute Gasteiger partial charge is 0.217 e. The highest BCUT2D eigenvalue weighted by Gasteiger charge is 2.48. The highest BCUT2D eigenvalue weighted by Crippen LogP contribution is 2.53. The predicted molar refractivity (Wildman–Crippen MR) is 131 cm³/mol. The number of likely N-dealkylation sites (tertiary alicyclic amines) is 1. The van der Waals surface area contributed by atoms with Gasteiger partial charge < -0.3 is 15.0 Å². The number of hydrogen-bond acceptors (Lipinski definition) is 8. The van der Waals surface area contributed by atoms with Crippen molar-refractivity contribution in [1.82, 2.24) is 20.0 Å². The molecule has 0 bridgehead atoms. The van der Waals surface area contributed by atoms with Crippen molar-refractivity contribution in [2.24, 2.45) is 0 Å². The van der Waals surface area contributed by atoms with E-state index in [1.165, 1.54) is 12.0 Å². The van der Waals surface area contributed by atoms with Crippen LogP contribution >= 0.6 is 0 Å². The number of fused-ring (bicyclic) bond motifs is 4. The molecule has 3 atom stereocenters. The van der Waals surface area contributed by atoms with Crippen molar-refractivity contribution in [3.8, 4) is 23.5 Å². The topological polar surface area (TPSA) is 114 Å². The molecule has 2 aromatic heterocycles. The molecule has 0 amide bonds. The fraction of sp³-hybridized carbons (Fsp3) is 0.481. The monoisotopic (exact) mass is 470 g/mol. The minimum Gasteiger partial charge on any atom is -0.473 e. The normalized spacial score (nSPS) is 24.2. The van der Waals surface area contributed by atoms with Crippen LogP contribution in [0.2, 0.25) is 0 Å². The first-order chi connectivity index (χ1) is 17.0. The molecule has 0 unspecified atom stereocenters. The van der Waals surface area contributed by atoms with Crippen LogP contribution in [0.4, 0.5) is 5.69 Å². The van der Waals surface area contributed by atoms with Crippen molar-refractivity contribution in [2.75, 3.05) is 19.3 Å². The predicted octanol–water partition coefficient (Wildman–Crippen LogP) is 4.02. The maximum atomic E-state index is 9.91. The number of rotatable bonds is 4. The summed E-state index contributed by atoms with van der Waals surface area (Å²) >= 11 is 0. The molecule has 3 heterocycles. The summed E-state index contributed by atoms with van der Waals surface area (Å²) in [5, 5.41) is 14.5. The van der Waals surface area contributed by atoms with Gasteiger partial charge in [-0.15, -0.1) is 0 Å². The zero-order valence-corrected chi connectivity index (χ0v) is 20.3. The van der Waals surface area contributed by atoms with Crippen molar-refractivity contribution in [3.63, 3.8) is 0 Å². The van der Waals surface area contributed by atoms with Crippen molar-refractivity contribution < 1.29 is 9.26 Å². The summed E-state index contributed by atoms with van der Waals surface area (Å²) in [7, 11) is 2.14. The standard InChI is InChI=1S/C27H30N6O2/c1-16(21-6-4-14-33(21)2)34-22-10-13-30-26(31-22)24-18-5-3-11-27(25(18)32-35-24)12-9-17-7-8-20(29)19(15-28)23(17)27/h7-8,10,13,16,21H,3-6,9,11-12,14,29H2,1-2H3/t16-,21-,27-/m0/s1. The summed E-state index contributed by atoms with van der Waals surface area (Å²) in [6.07, 6.45) is 8.61. The second-order valence-electron chi connectivity index (χ2n) is 10.2. The van der Waals surface area contributed by atoms with Crippen LogP contribution in [0.15, 0.2) is 28.9 Å². The van der Waals surface area contributed by atoms with E-state index in [1.54, 1.807) is 12.3 Å². The second-order valence-corrected chi connectivity index (χ2v) is 10.2. The molecule has 1 fully saturated rings. The number of nitrogen functional groups attached to an aromatic ring is 1. The lowest BCUT2D eigenvalue weighted by atomic mass is 9.68. The maximum Gasteiger partial charge on any atom is 0.217 e. The summed E-state index contributed by atoms with van der Waals surface area (Å²) in [6, 6.07) is 8.45. The van der Waals surface area contributed by atoms with Gasteiger partial charge in [-0.1, -0.05) is 11.2 Å². The van der Waals surface area contributed by atoms with Gasteiger partial charge in [0.1, 0.15) is 12.2 Å². The minimum atomic E-state index is -0.346. The fourth-order valence-corrected chi connectivity index (χ4v) is 6.59. The van der Waals surface area contributed by atoms with Gasteiger partial charge in [0.05, 0.1) is 11.3 Å². The van der Waals surface area contributed by atoms with Crippen molar-refractivity contribution in [2.45, 2.75) is 69.4 Å². The Hall–Kier alpha value is -3.44. The van der Waals surface area contributed by atoms with E-state index < -0.39 is 0 Å². The lowest BCUT2D eigenvalue weighted by molar-refractivity contribution is 0.117. The van der Waals surface area contributed by atoms with Gasteiger partial charge in [0, 0.05) is 35.0 Å². The summed E-state index contributed by atoms with van der Waals surface area (Å²) in [5.41, 5.74) is 11.1. The fourth-order valence-electron chi connectivity index (χ4n) is 6.59. The van der Waals surface area contributed by atoms with Crippen LogP contribution in [0, 0.1) is 11.3 Å². The van der Waals surface area contributed by atoms with Crippen LogP contribution in [0.1, 0.15) is 67.0 Å². The van der Waals surface area contributed by atoms with Gasteiger partial charge >= 0.3 is 0 Å². The zero-order valence-electron chi connectivity index (χ0n) is 20.3. The number of hydrogen-bond donors (Lipinski definition) is 1. The summed E-state index contributed by atoms with van der Waals surface area (Å²) < 4.78 is 12.2.